The van der Waals surface area contributed by atoms with E-state index in [1.807, 2.05) is 4.57 Å². The van der Waals surface area contributed by atoms with E-state index in [2.05, 4.69) is 18.8 Å². The highest BCUT2D eigenvalue weighted by molar-refractivity contribution is 5.86. The summed E-state index contributed by atoms with van der Waals surface area (Å²) < 4.78 is 6.85. The molecule has 1 rings (SSSR count). The fourth-order valence-corrected chi connectivity index (χ4v) is 1.56. The van der Waals surface area contributed by atoms with Crippen molar-refractivity contribution in [3.63, 3.8) is 0 Å². The highest BCUT2D eigenvalue weighted by Gasteiger charge is 2.12. The van der Waals surface area contributed by atoms with E-state index >= 15 is 0 Å². The van der Waals surface area contributed by atoms with Crippen LogP contribution in [0.3, 0.4) is 0 Å². The fourth-order valence-electron chi connectivity index (χ4n) is 1.56. The van der Waals surface area contributed by atoms with E-state index < -0.39 is 0 Å². The molecule has 0 aliphatic heterocycles. The van der Waals surface area contributed by atoms with Crippen molar-refractivity contribution in [1.29, 1.82) is 0 Å². The van der Waals surface area contributed by atoms with E-state index in [1.54, 1.807) is 19.4 Å². The van der Waals surface area contributed by atoms with Gasteiger partial charge in [0.1, 0.15) is 0 Å². The van der Waals surface area contributed by atoms with Crippen LogP contribution in [0.5, 0.6) is 0 Å². The largest absolute Gasteiger partial charge is 0.461 e. The zero-order valence-corrected chi connectivity index (χ0v) is 9.56. The Bertz CT molecular complexity index is 316. The van der Waals surface area contributed by atoms with Gasteiger partial charge in [0.15, 0.2) is 5.69 Å². The fraction of sp³-hybridized carbons (Fsp3) is 0.636. The molecule has 1 aromatic rings. The minimum atomic E-state index is -0.345. The molecule has 0 radical (unpaired) electrons. The van der Waals surface area contributed by atoms with Crippen molar-refractivity contribution in [2.24, 2.45) is 0 Å². The molecule has 15 heavy (non-hydrogen) atoms. The van der Waals surface area contributed by atoms with Crippen molar-refractivity contribution < 1.29 is 9.53 Å². The van der Waals surface area contributed by atoms with E-state index in [1.165, 1.54) is 0 Å². The summed E-state index contributed by atoms with van der Waals surface area (Å²) in [6.07, 6.45) is 5.53. The minimum absolute atomic E-state index is 0.345. The topological polar surface area (TPSA) is 44.1 Å². The van der Waals surface area contributed by atoms with Gasteiger partial charge in [0.25, 0.3) is 0 Å². The van der Waals surface area contributed by atoms with E-state index in [4.69, 9.17) is 4.74 Å². The number of nitrogens with zero attached hydrogens (tertiary/aromatic N) is 2. The maximum Gasteiger partial charge on any atom is 0.358 e. The summed E-state index contributed by atoms with van der Waals surface area (Å²) in [5.41, 5.74) is 0.392. The van der Waals surface area contributed by atoms with Crippen LogP contribution in [0, 0.1) is 0 Å². The summed E-state index contributed by atoms with van der Waals surface area (Å²) in [5, 5.41) is 0. The highest BCUT2D eigenvalue weighted by Crippen LogP contribution is 2.15. The second-order valence-electron chi connectivity index (χ2n) is 3.40. The van der Waals surface area contributed by atoms with Crippen LogP contribution in [-0.2, 0) is 4.74 Å². The number of imidazole rings is 1. The normalized spacial score (nSPS) is 10.7. The van der Waals surface area contributed by atoms with Gasteiger partial charge in [-0.25, -0.2) is 9.78 Å². The molecule has 0 N–H and O–H groups in total. The number of esters is 1. The van der Waals surface area contributed by atoms with Gasteiger partial charge in [0, 0.05) is 12.2 Å². The molecule has 0 saturated heterocycles. The summed E-state index contributed by atoms with van der Waals surface area (Å²) >= 11 is 0. The standard InChI is InChI=1S/C11H18N2O2/c1-4-9(5-2)13-7-10(12-8-13)11(14)15-6-3/h7-9H,4-6H2,1-3H3. The molecule has 0 aromatic carbocycles. The number of carbonyl (C=O) groups excluding carboxylic acids is 1. The van der Waals surface area contributed by atoms with Crippen LogP contribution in [0.1, 0.15) is 50.1 Å². The van der Waals surface area contributed by atoms with Gasteiger partial charge in [-0.3, -0.25) is 0 Å². The third kappa shape index (κ3) is 2.81. The average Bonchev–Trinajstić information content (AvgIpc) is 2.69. The maximum absolute atomic E-state index is 11.4. The zero-order chi connectivity index (χ0) is 11.3. The minimum Gasteiger partial charge on any atom is -0.461 e. The SMILES string of the molecule is CCOC(=O)c1cn(C(CC)CC)cn1. The van der Waals surface area contributed by atoms with Crippen LogP contribution in [0.25, 0.3) is 0 Å². The Labute approximate surface area is 90.3 Å². The Balaban J connectivity index is 2.75. The maximum atomic E-state index is 11.4. The molecule has 84 valence electrons. The van der Waals surface area contributed by atoms with Crippen molar-refractivity contribution >= 4 is 5.97 Å². The molecular formula is C11H18N2O2. The quantitative estimate of drug-likeness (QED) is 0.701. The van der Waals surface area contributed by atoms with Gasteiger partial charge in [0.2, 0.25) is 0 Å². The van der Waals surface area contributed by atoms with Crippen LogP contribution in [-0.4, -0.2) is 22.1 Å². The molecule has 4 nitrogen and oxygen atoms in total. The zero-order valence-electron chi connectivity index (χ0n) is 9.56. The van der Waals surface area contributed by atoms with Crippen molar-refractivity contribution in [2.75, 3.05) is 6.61 Å². The molecule has 0 aliphatic rings. The van der Waals surface area contributed by atoms with Crippen LogP contribution in [0.4, 0.5) is 0 Å². The van der Waals surface area contributed by atoms with Gasteiger partial charge in [-0.2, -0.15) is 0 Å². The third-order valence-corrected chi connectivity index (χ3v) is 2.45. The molecule has 0 amide bonds. The summed E-state index contributed by atoms with van der Waals surface area (Å²) in [4.78, 5) is 15.4. The molecule has 4 heteroatoms. The Morgan fingerprint density at radius 3 is 2.67 bits per heavy atom. The number of hydrogen-bond acceptors (Lipinski definition) is 3. The first-order chi connectivity index (χ1) is 7.22. The Morgan fingerprint density at radius 1 is 1.47 bits per heavy atom. The molecule has 0 bridgehead atoms. The second-order valence-corrected chi connectivity index (χ2v) is 3.40. The molecule has 0 atom stereocenters. The van der Waals surface area contributed by atoms with Crippen LogP contribution in [0.2, 0.25) is 0 Å². The molecule has 0 spiro atoms. The number of aromatic nitrogens is 2. The summed E-state index contributed by atoms with van der Waals surface area (Å²) in [7, 11) is 0. The van der Waals surface area contributed by atoms with E-state index in [9.17, 15) is 4.79 Å². The van der Waals surface area contributed by atoms with Crippen LogP contribution >= 0.6 is 0 Å². The average molecular weight is 210 g/mol. The number of ether oxygens (including phenoxy) is 1. The monoisotopic (exact) mass is 210 g/mol. The molecule has 0 unspecified atom stereocenters. The molecule has 0 saturated carbocycles. The lowest BCUT2D eigenvalue weighted by Gasteiger charge is -2.12. The van der Waals surface area contributed by atoms with Crippen LogP contribution < -0.4 is 0 Å². The van der Waals surface area contributed by atoms with Crippen LogP contribution in [0.15, 0.2) is 12.5 Å². The Hall–Kier alpha value is -1.32. The van der Waals surface area contributed by atoms with Crippen molar-refractivity contribution in [3.8, 4) is 0 Å². The lowest BCUT2D eigenvalue weighted by Crippen LogP contribution is -2.06. The van der Waals surface area contributed by atoms with Gasteiger partial charge < -0.3 is 9.30 Å². The first-order valence-electron chi connectivity index (χ1n) is 5.43. The van der Waals surface area contributed by atoms with Crippen molar-refractivity contribution in [2.45, 2.75) is 39.7 Å². The summed E-state index contributed by atoms with van der Waals surface area (Å²) in [5.74, 6) is -0.345. The third-order valence-electron chi connectivity index (χ3n) is 2.45. The van der Waals surface area contributed by atoms with Gasteiger partial charge in [-0.15, -0.1) is 0 Å². The smallest absolute Gasteiger partial charge is 0.358 e. The van der Waals surface area contributed by atoms with E-state index in [0.717, 1.165) is 12.8 Å². The van der Waals surface area contributed by atoms with Gasteiger partial charge in [0.05, 0.1) is 12.9 Å². The second kappa shape index (κ2) is 5.53. The predicted octanol–water partition coefficient (Wildman–Crippen LogP) is 2.42. The lowest BCUT2D eigenvalue weighted by molar-refractivity contribution is 0.0520. The number of rotatable bonds is 5. The lowest BCUT2D eigenvalue weighted by atomic mass is 10.2. The first kappa shape index (κ1) is 11.8. The summed E-state index contributed by atoms with van der Waals surface area (Å²) in [6, 6.07) is 0.417. The summed E-state index contributed by atoms with van der Waals surface area (Å²) in [6.45, 7) is 6.42. The number of carbonyl (C=O) groups is 1. The molecule has 1 aromatic heterocycles. The van der Waals surface area contributed by atoms with E-state index in [0.29, 0.717) is 18.3 Å². The molecule has 0 fully saturated rings. The number of hydrogen-bond donors (Lipinski definition) is 0. The first-order valence-corrected chi connectivity index (χ1v) is 5.43. The van der Waals surface area contributed by atoms with Crippen molar-refractivity contribution in [1.82, 2.24) is 9.55 Å². The van der Waals surface area contributed by atoms with Gasteiger partial charge in [-0.1, -0.05) is 13.8 Å². The Kier molecular flexibility index (Phi) is 4.34. The highest BCUT2D eigenvalue weighted by atomic mass is 16.5. The van der Waals surface area contributed by atoms with Crippen molar-refractivity contribution in [3.05, 3.63) is 18.2 Å². The van der Waals surface area contributed by atoms with Gasteiger partial charge >= 0.3 is 5.97 Å². The molecular weight excluding hydrogens is 192 g/mol. The Morgan fingerprint density at radius 2 is 2.13 bits per heavy atom. The molecule has 0 aliphatic carbocycles. The van der Waals surface area contributed by atoms with E-state index in [-0.39, 0.29) is 5.97 Å². The van der Waals surface area contributed by atoms with Gasteiger partial charge in [-0.05, 0) is 19.8 Å². The molecule has 1 heterocycles. The predicted molar refractivity (Wildman–Crippen MR) is 57.8 cm³/mol.